The summed E-state index contributed by atoms with van der Waals surface area (Å²) in [5.74, 6) is -0.951. The van der Waals surface area contributed by atoms with E-state index in [2.05, 4.69) is 10.2 Å². The molecule has 1 N–H and O–H groups in total. The predicted molar refractivity (Wildman–Crippen MR) is 121 cm³/mol. The van der Waals surface area contributed by atoms with Crippen LogP contribution in [0.1, 0.15) is 47.4 Å². The Morgan fingerprint density at radius 2 is 2.03 bits per heavy atom. The standard InChI is InChI=1S/C23H23N3O6S/c1-4-10-31-15-9-8-14(12-17(15)30-5-2)19-18(20(27)16-7-6-11-32-16)21(28)22(29)26(19)23-25-24-13(3)33-23/h6-9,11-12,19,28H,4-5,10H2,1-3H3. The van der Waals surface area contributed by atoms with Crippen LogP contribution in [0.2, 0.25) is 0 Å². The highest BCUT2D eigenvalue weighted by Gasteiger charge is 2.46. The molecule has 0 saturated heterocycles. The number of ketones is 1. The molecule has 172 valence electrons. The Morgan fingerprint density at radius 1 is 1.21 bits per heavy atom. The van der Waals surface area contributed by atoms with E-state index in [1.54, 1.807) is 31.2 Å². The molecule has 0 radical (unpaired) electrons. The van der Waals surface area contributed by atoms with Gasteiger partial charge in [-0.1, -0.05) is 24.3 Å². The number of rotatable bonds is 9. The van der Waals surface area contributed by atoms with Gasteiger partial charge in [-0.15, -0.1) is 10.2 Å². The van der Waals surface area contributed by atoms with Crippen LogP contribution in [0, 0.1) is 6.92 Å². The number of nitrogens with zero attached hydrogens (tertiary/aromatic N) is 3. The first-order valence-corrected chi connectivity index (χ1v) is 11.3. The van der Waals surface area contributed by atoms with Gasteiger partial charge in [0.15, 0.2) is 23.0 Å². The highest BCUT2D eigenvalue weighted by Crippen LogP contribution is 2.44. The van der Waals surface area contributed by atoms with Crippen molar-refractivity contribution in [3.8, 4) is 11.5 Å². The molecule has 9 nitrogen and oxygen atoms in total. The Kier molecular flexibility index (Phi) is 6.45. The predicted octanol–water partition coefficient (Wildman–Crippen LogP) is 4.41. The molecule has 1 amide bonds. The number of carbonyl (C=O) groups excluding carboxylic acids is 2. The molecule has 1 unspecified atom stereocenters. The van der Waals surface area contributed by atoms with Gasteiger partial charge in [0.2, 0.25) is 10.9 Å². The Balaban J connectivity index is 1.85. The number of aryl methyl sites for hydroxylation is 1. The summed E-state index contributed by atoms with van der Waals surface area (Å²) in [6, 6.07) is 7.27. The van der Waals surface area contributed by atoms with Crippen LogP contribution >= 0.6 is 11.3 Å². The van der Waals surface area contributed by atoms with Crippen LogP contribution in [0.4, 0.5) is 5.13 Å². The molecule has 0 fully saturated rings. The van der Waals surface area contributed by atoms with Gasteiger partial charge in [0.25, 0.3) is 5.91 Å². The number of amides is 1. The molecular weight excluding hydrogens is 446 g/mol. The van der Waals surface area contributed by atoms with E-state index in [0.29, 0.717) is 35.3 Å². The number of furan rings is 1. The lowest BCUT2D eigenvalue weighted by atomic mass is 9.95. The number of Topliss-reactive ketones (excluding diaryl/α,β-unsaturated/α-hetero) is 1. The van der Waals surface area contributed by atoms with Crippen molar-refractivity contribution >= 4 is 28.2 Å². The topological polar surface area (TPSA) is 115 Å². The number of hydrogen-bond acceptors (Lipinski definition) is 9. The van der Waals surface area contributed by atoms with Gasteiger partial charge < -0.3 is 19.0 Å². The van der Waals surface area contributed by atoms with Crippen LogP contribution in [-0.2, 0) is 4.79 Å². The third-order valence-electron chi connectivity index (χ3n) is 4.96. The summed E-state index contributed by atoms with van der Waals surface area (Å²) in [5, 5.41) is 19.7. The van der Waals surface area contributed by atoms with E-state index in [0.717, 1.165) is 6.42 Å². The summed E-state index contributed by atoms with van der Waals surface area (Å²) in [7, 11) is 0. The van der Waals surface area contributed by atoms with Gasteiger partial charge in [0, 0.05) is 0 Å². The molecule has 0 aliphatic carbocycles. The quantitative estimate of drug-likeness (QED) is 0.458. The maximum atomic E-state index is 13.3. The van der Waals surface area contributed by atoms with E-state index < -0.39 is 23.5 Å². The zero-order chi connectivity index (χ0) is 23.5. The number of benzene rings is 1. The number of carbonyl (C=O) groups is 2. The fraction of sp³-hybridized carbons (Fsp3) is 0.304. The van der Waals surface area contributed by atoms with E-state index in [-0.39, 0.29) is 16.5 Å². The van der Waals surface area contributed by atoms with Crippen molar-refractivity contribution in [2.45, 2.75) is 33.2 Å². The molecule has 10 heteroatoms. The largest absolute Gasteiger partial charge is 0.503 e. The van der Waals surface area contributed by atoms with E-state index in [9.17, 15) is 14.7 Å². The molecule has 0 spiro atoms. The van der Waals surface area contributed by atoms with Crippen molar-refractivity contribution < 1.29 is 28.6 Å². The number of aliphatic hydroxyl groups excluding tert-OH is 1. The van der Waals surface area contributed by atoms with Gasteiger partial charge in [-0.25, -0.2) is 0 Å². The first-order chi connectivity index (χ1) is 16.0. The Morgan fingerprint density at radius 3 is 2.67 bits per heavy atom. The van der Waals surface area contributed by atoms with Crippen LogP contribution in [0.25, 0.3) is 0 Å². The molecule has 4 rings (SSSR count). The molecular formula is C23H23N3O6S. The molecule has 1 aromatic carbocycles. The Hall–Kier alpha value is -3.66. The summed E-state index contributed by atoms with van der Waals surface area (Å²) in [6.07, 6.45) is 2.18. The van der Waals surface area contributed by atoms with Gasteiger partial charge in [0.05, 0.1) is 31.1 Å². The van der Waals surface area contributed by atoms with Crippen molar-refractivity contribution in [1.82, 2.24) is 10.2 Å². The van der Waals surface area contributed by atoms with Gasteiger partial charge in [0.1, 0.15) is 5.01 Å². The third-order valence-corrected chi connectivity index (χ3v) is 5.80. The van der Waals surface area contributed by atoms with Crippen molar-refractivity contribution in [3.63, 3.8) is 0 Å². The van der Waals surface area contributed by atoms with Gasteiger partial charge in [-0.2, -0.15) is 0 Å². The van der Waals surface area contributed by atoms with Crippen molar-refractivity contribution in [2.24, 2.45) is 0 Å². The zero-order valence-electron chi connectivity index (χ0n) is 18.4. The number of ether oxygens (including phenoxy) is 2. The van der Waals surface area contributed by atoms with Crippen LogP contribution in [-0.4, -0.2) is 40.2 Å². The maximum absolute atomic E-state index is 13.3. The molecule has 2 aromatic heterocycles. The normalized spacial score (nSPS) is 15.9. The monoisotopic (exact) mass is 469 g/mol. The second kappa shape index (κ2) is 9.45. The summed E-state index contributed by atoms with van der Waals surface area (Å²) < 4.78 is 16.8. The van der Waals surface area contributed by atoms with Crippen LogP contribution in [0.3, 0.4) is 0 Å². The maximum Gasteiger partial charge on any atom is 0.296 e. The average Bonchev–Trinajstić information content (AvgIpc) is 3.54. The molecule has 33 heavy (non-hydrogen) atoms. The van der Waals surface area contributed by atoms with E-state index in [1.165, 1.54) is 28.6 Å². The minimum atomic E-state index is -0.957. The molecule has 0 bridgehead atoms. The van der Waals surface area contributed by atoms with Crippen molar-refractivity contribution in [3.05, 3.63) is 64.3 Å². The van der Waals surface area contributed by atoms with Gasteiger partial charge >= 0.3 is 0 Å². The fourth-order valence-electron chi connectivity index (χ4n) is 3.57. The summed E-state index contributed by atoms with van der Waals surface area (Å²) in [4.78, 5) is 27.7. The lowest BCUT2D eigenvalue weighted by molar-refractivity contribution is -0.117. The van der Waals surface area contributed by atoms with E-state index in [1.807, 2.05) is 13.8 Å². The second-order valence-electron chi connectivity index (χ2n) is 7.24. The van der Waals surface area contributed by atoms with Crippen molar-refractivity contribution in [2.75, 3.05) is 18.1 Å². The van der Waals surface area contributed by atoms with Crippen LogP contribution in [0.5, 0.6) is 11.5 Å². The van der Waals surface area contributed by atoms with Crippen LogP contribution < -0.4 is 14.4 Å². The molecule has 0 saturated carbocycles. The highest BCUT2D eigenvalue weighted by atomic mass is 32.1. The SMILES string of the molecule is CCCOc1ccc(C2C(C(=O)c3ccco3)=C(O)C(=O)N2c2nnc(C)s2)cc1OCC. The number of hydrogen-bond donors (Lipinski definition) is 1. The number of aromatic nitrogens is 2. The molecule has 3 aromatic rings. The number of anilines is 1. The third kappa shape index (κ3) is 4.21. The second-order valence-corrected chi connectivity index (χ2v) is 8.40. The fourth-order valence-corrected chi connectivity index (χ4v) is 4.28. The molecule has 3 heterocycles. The first-order valence-electron chi connectivity index (χ1n) is 10.5. The summed E-state index contributed by atoms with van der Waals surface area (Å²) in [5.41, 5.74) is 0.440. The first kappa shape index (κ1) is 22.5. The lowest BCUT2D eigenvalue weighted by Gasteiger charge is -2.24. The Labute approximate surface area is 194 Å². The smallest absolute Gasteiger partial charge is 0.296 e. The van der Waals surface area contributed by atoms with Gasteiger partial charge in [-0.05, 0) is 50.1 Å². The highest BCUT2D eigenvalue weighted by molar-refractivity contribution is 7.15. The van der Waals surface area contributed by atoms with E-state index in [4.69, 9.17) is 13.9 Å². The lowest BCUT2D eigenvalue weighted by Crippen LogP contribution is -2.31. The minimum absolute atomic E-state index is 0.0116. The van der Waals surface area contributed by atoms with Crippen LogP contribution in [0.15, 0.2) is 52.3 Å². The molecule has 1 atom stereocenters. The minimum Gasteiger partial charge on any atom is -0.503 e. The summed E-state index contributed by atoms with van der Waals surface area (Å²) >= 11 is 1.18. The van der Waals surface area contributed by atoms with Crippen molar-refractivity contribution in [1.29, 1.82) is 0 Å². The average molecular weight is 470 g/mol. The van der Waals surface area contributed by atoms with Gasteiger partial charge in [-0.3, -0.25) is 14.5 Å². The molecule has 1 aliphatic heterocycles. The van der Waals surface area contributed by atoms with E-state index >= 15 is 0 Å². The summed E-state index contributed by atoms with van der Waals surface area (Å²) in [6.45, 7) is 6.52. The molecule has 1 aliphatic rings. The Bertz CT molecular complexity index is 1200. The zero-order valence-corrected chi connectivity index (χ0v) is 19.2. The number of aliphatic hydroxyl groups is 1.